The van der Waals surface area contributed by atoms with Gasteiger partial charge in [0.15, 0.2) is 16.0 Å². The molecule has 0 saturated heterocycles. The van der Waals surface area contributed by atoms with Gasteiger partial charge < -0.3 is 9.62 Å². The van der Waals surface area contributed by atoms with E-state index in [0.29, 0.717) is 0 Å². The third kappa shape index (κ3) is 3.27. The van der Waals surface area contributed by atoms with E-state index in [1.54, 1.807) is 0 Å². The first-order chi connectivity index (χ1) is 9.75. The summed E-state index contributed by atoms with van der Waals surface area (Å²) in [6.07, 6.45) is 16.3. The number of rotatable bonds is 4. The quantitative estimate of drug-likeness (QED) is 0.724. The summed E-state index contributed by atoms with van der Waals surface area (Å²) in [6, 6.07) is 2.96. The Balaban J connectivity index is 0.000000121. The summed E-state index contributed by atoms with van der Waals surface area (Å²) >= 11 is 0. The van der Waals surface area contributed by atoms with Crippen LogP contribution < -0.4 is 0 Å². The lowest BCUT2D eigenvalue weighted by Gasteiger charge is -2.44. The molecule has 0 aliphatic heterocycles. The fraction of sp³-hybridized carbons (Fsp3) is 1.00. The Morgan fingerprint density at radius 1 is 0.450 bits per heavy atom. The van der Waals surface area contributed by atoms with Gasteiger partial charge in [-0.1, -0.05) is 25.7 Å². The average Bonchev–Trinajstić information content (AvgIpc) is 2.05. The molecule has 2 nitrogen and oxygen atoms in total. The number of hydrogen-bond donors (Lipinski definition) is 0. The zero-order chi connectivity index (χ0) is 13.9. The summed E-state index contributed by atoms with van der Waals surface area (Å²) in [4.78, 5) is 4.24. The lowest BCUT2D eigenvalue weighted by Crippen LogP contribution is -2.47. The van der Waals surface area contributed by atoms with Gasteiger partial charge in [0.05, 0.1) is 0 Å². The molecule has 0 bridgehead atoms. The van der Waals surface area contributed by atoms with Crippen LogP contribution in [0.2, 0.25) is 0 Å². The third-order valence-electron chi connectivity index (χ3n) is 5.99. The van der Waals surface area contributed by atoms with Crippen LogP contribution in [0.15, 0.2) is 0 Å². The molecule has 0 atom stereocenters. The second-order valence-corrected chi connectivity index (χ2v) is 7.23. The fourth-order valence-corrected chi connectivity index (χ4v) is 3.34. The van der Waals surface area contributed by atoms with Crippen molar-refractivity contribution in [1.29, 1.82) is 0 Å². The van der Waals surface area contributed by atoms with Gasteiger partial charge in [0.2, 0.25) is 0 Å². The van der Waals surface area contributed by atoms with E-state index in [1.165, 1.54) is 77.0 Å². The Kier molecular flexibility index (Phi) is 5.14. The highest BCUT2D eigenvalue weighted by Gasteiger charge is 2.30. The molecule has 0 unspecified atom stereocenters. The first kappa shape index (κ1) is 15.0. The molecule has 0 heterocycles. The molecule has 0 aromatic heterocycles. The van der Waals surface area contributed by atoms with Crippen LogP contribution in [0.5, 0.6) is 0 Å². The van der Waals surface area contributed by atoms with Crippen molar-refractivity contribution < 1.29 is 0 Å². The molecular formula is C16H28B2N2. The van der Waals surface area contributed by atoms with Crippen molar-refractivity contribution in [3.63, 3.8) is 0 Å². The van der Waals surface area contributed by atoms with Gasteiger partial charge in [0.25, 0.3) is 0 Å². The monoisotopic (exact) mass is 270 g/mol. The van der Waals surface area contributed by atoms with Gasteiger partial charge in [-0.2, -0.15) is 0 Å². The Hall–Kier alpha value is 0.0499. The molecule has 0 N–H and O–H groups in total. The SMILES string of the molecule is [B]N(C1CCC1)C1CCC1.[B]N(C1CCC1)C1CCC1. The smallest absolute Gasteiger partial charge is 0.183 e. The topological polar surface area (TPSA) is 6.48 Å². The highest BCUT2D eigenvalue weighted by molar-refractivity contribution is 6.05. The summed E-state index contributed by atoms with van der Waals surface area (Å²) in [5, 5.41) is 0. The maximum atomic E-state index is 5.92. The molecule has 0 aromatic rings. The third-order valence-corrected chi connectivity index (χ3v) is 5.99. The first-order valence-electron chi connectivity index (χ1n) is 8.82. The number of nitrogens with zero attached hydrogens (tertiary/aromatic N) is 2. The van der Waals surface area contributed by atoms with Crippen LogP contribution in [0.1, 0.15) is 77.0 Å². The van der Waals surface area contributed by atoms with Gasteiger partial charge in [-0.05, 0) is 75.5 Å². The lowest BCUT2D eigenvalue weighted by atomic mass is 9.82. The molecule has 4 fully saturated rings. The van der Waals surface area contributed by atoms with Crippen LogP contribution in [0.25, 0.3) is 0 Å². The molecule has 4 aliphatic carbocycles. The minimum Gasteiger partial charge on any atom is -0.348 e. The summed E-state index contributed by atoms with van der Waals surface area (Å²) in [5.74, 6) is 0. The van der Waals surface area contributed by atoms with E-state index in [0.717, 1.165) is 24.2 Å². The van der Waals surface area contributed by atoms with Crippen LogP contribution in [0.3, 0.4) is 0 Å². The molecule has 108 valence electrons. The fourth-order valence-electron chi connectivity index (χ4n) is 3.34. The predicted octanol–water partition coefficient (Wildman–Crippen LogP) is 2.95. The molecule has 0 spiro atoms. The summed E-state index contributed by atoms with van der Waals surface area (Å²) in [6.45, 7) is 0. The standard InChI is InChI=1S/2C8H14BN/c2*9-10(7-3-1-4-7)8-5-2-6-8/h2*7-8H,1-6H2. The van der Waals surface area contributed by atoms with Gasteiger partial charge in [-0.25, -0.2) is 0 Å². The highest BCUT2D eigenvalue weighted by atomic mass is 15.1. The van der Waals surface area contributed by atoms with Crippen LogP contribution in [0.4, 0.5) is 0 Å². The second kappa shape index (κ2) is 6.87. The van der Waals surface area contributed by atoms with Crippen molar-refractivity contribution in [3.05, 3.63) is 0 Å². The van der Waals surface area contributed by atoms with Crippen LogP contribution in [-0.4, -0.2) is 49.8 Å². The Labute approximate surface area is 127 Å². The second-order valence-electron chi connectivity index (χ2n) is 7.23. The van der Waals surface area contributed by atoms with Gasteiger partial charge >= 0.3 is 0 Å². The van der Waals surface area contributed by atoms with Crippen molar-refractivity contribution in [3.8, 4) is 0 Å². The van der Waals surface area contributed by atoms with Crippen molar-refractivity contribution >= 4 is 16.0 Å². The van der Waals surface area contributed by atoms with Crippen LogP contribution in [-0.2, 0) is 0 Å². The van der Waals surface area contributed by atoms with Crippen molar-refractivity contribution in [2.24, 2.45) is 0 Å². The van der Waals surface area contributed by atoms with Gasteiger partial charge in [-0.3, -0.25) is 0 Å². The summed E-state index contributed by atoms with van der Waals surface area (Å²) < 4.78 is 0. The molecule has 4 aliphatic rings. The van der Waals surface area contributed by atoms with E-state index < -0.39 is 0 Å². The van der Waals surface area contributed by atoms with E-state index in [4.69, 9.17) is 16.0 Å². The molecule has 4 rings (SSSR count). The zero-order valence-corrected chi connectivity index (χ0v) is 12.8. The van der Waals surface area contributed by atoms with E-state index >= 15 is 0 Å². The minimum absolute atomic E-state index is 0.741. The molecule has 4 heteroatoms. The van der Waals surface area contributed by atoms with Crippen molar-refractivity contribution in [1.82, 2.24) is 9.62 Å². The van der Waals surface area contributed by atoms with Gasteiger partial charge in [0.1, 0.15) is 0 Å². The Morgan fingerprint density at radius 3 is 0.750 bits per heavy atom. The lowest BCUT2D eigenvalue weighted by molar-refractivity contribution is 0.127. The normalized spacial score (nSPS) is 28.1. The van der Waals surface area contributed by atoms with Crippen molar-refractivity contribution in [2.75, 3.05) is 0 Å². The van der Waals surface area contributed by atoms with Gasteiger partial charge in [0, 0.05) is 0 Å². The predicted molar refractivity (Wildman–Crippen MR) is 85.7 cm³/mol. The van der Waals surface area contributed by atoms with E-state index in [9.17, 15) is 0 Å². The Bertz CT molecular complexity index is 239. The van der Waals surface area contributed by atoms with E-state index in [1.807, 2.05) is 0 Å². The molecule has 20 heavy (non-hydrogen) atoms. The maximum absolute atomic E-state index is 5.92. The zero-order valence-electron chi connectivity index (χ0n) is 12.8. The molecule has 0 amide bonds. The largest absolute Gasteiger partial charge is 0.348 e. The summed E-state index contributed by atoms with van der Waals surface area (Å²) in [7, 11) is 11.8. The molecule has 0 aromatic carbocycles. The molecule has 4 radical (unpaired) electrons. The van der Waals surface area contributed by atoms with Gasteiger partial charge in [-0.15, -0.1) is 0 Å². The van der Waals surface area contributed by atoms with Crippen LogP contribution >= 0.6 is 0 Å². The average molecular weight is 270 g/mol. The summed E-state index contributed by atoms with van der Waals surface area (Å²) in [5.41, 5.74) is 0. The van der Waals surface area contributed by atoms with E-state index in [-0.39, 0.29) is 0 Å². The maximum Gasteiger partial charge on any atom is 0.183 e. The van der Waals surface area contributed by atoms with Crippen LogP contribution in [0, 0.1) is 0 Å². The Morgan fingerprint density at radius 2 is 0.650 bits per heavy atom. The minimum atomic E-state index is 0.741. The molecular weight excluding hydrogens is 242 g/mol. The first-order valence-corrected chi connectivity index (χ1v) is 8.82. The highest BCUT2D eigenvalue weighted by Crippen LogP contribution is 2.32. The number of hydrogen-bond acceptors (Lipinski definition) is 2. The molecule has 4 saturated carbocycles. The van der Waals surface area contributed by atoms with Crippen molar-refractivity contribution in [2.45, 2.75) is 101 Å². The van der Waals surface area contributed by atoms with E-state index in [2.05, 4.69) is 9.62 Å².